The standard InChI is InChI=1S/C20H17NO5/c1-24-15-6-9-19(25-2)17(11-15)21-20(23)14-5-3-4-13(10-14)18-8-7-16(12-22)26-18/h3-12H,1-2H3,(H,21,23). The maximum absolute atomic E-state index is 12.6. The lowest BCUT2D eigenvalue weighted by atomic mass is 10.1. The number of hydrogen-bond donors (Lipinski definition) is 1. The monoisotopic (exact) mass is 351 g/mol. The summed E-state index contributed by atoms with van der Waals surface area (Å²) in [6, 6.07) is 15.3. The highest BCUT2D eigenvalue weighted by atomic mass is 16.5. The molecule has 1 N–H and O–H groups in total. The minimum Gasteiger partial charge on any atom is -0.497 e. The second kappa shape index (κ2) is 7.57. The van der Waals surface area contributed by atoms with Gasteiger partial charge in [0.15, 0.2) is 12.0 Å². The number of carbonyl (C=O) groups excluding carboxylic acids is 2. The molecule has 0 aliphatic heterocycles. The molecule has 3 rings (SSSR count). The number of benzene rings is 2. The lowest BCUT2D eigenvalue weighted by molar-refractivity contribution is 0.102. The van der Waals surface area contributed by atoms with Crippen LogP contribution in [0.25, 0.3) is 11.3 Å². The van der Waals surface area contributed by atoms with Gasteiger partial charge in [0.25, 0.3) is 5.91 Å². The van der Waals surface area contributed by atoms with Crippen molar-refractivity contribution < 1.29 is 23.5 Å². The summed E-state index contributed by atoms with van der Waals surface area (Å²) in [5.74, 6) is 1.57. The van der Waals surface area contributed by atoms with E-state index in [1.54, 1.807) is 61.7 Å². The third-order valence-electron chi connectivity index (χ3n) is 3.81. The van der Waals surface area contributed by atoms with Gasteiger partial charge in [0.2, 0.25) is 0 Å². The Morgan fingerprint density at radius 2 is 1.88 bits per heavy atom. The molecule has 0 spiro atoms. The second-order valence-electron chi connectivity index (χ2n) is 5.42. The van der Waals surface area contributed by atoms with Gasteiger partial charge in [-0.1, -0.05) is 12.1 Å². The number of amides is 1. The lowest BCUT2D eigenvalue weighted by Gasteiger charge is -2.12. The number of nitrogens with one attached hydrogen (secondary N) is 1. The van der Waals surface area contributed by atoms with Gasteiger partial charge in [-0.05, 0) is 36.4 Å². The number of aldehydes is 1. The Labute approximate surface area is 150 Å². The summed E-state index contributed by atoms with van der Waals surface area (Å²) < 4.78 is 15.9. The van der Waals surface area contributed by atoms with E-state index in [2.05, 4.69) is 5.32 Å². The molecule has 0 fully saturated rings. The molecule has 0 atom stereocenters. The Kier molecular flexibility index (Phi) is 5.03. The highest BCUT2D eigenvalue weighted by molar-refractivity contribution is 6.05. The highest BCUT2D eigenvalue weighted by Crippen LogP contribution is 2.30. The Hall–Kier alpha value is -3.54. The summed E-state index contributed by atoms with van der Waals surface area (Å²) in [4.78, 5) is 23.4. The van der Waals surface area contributed by atoms with Crippen molar-refractivity contribution in [2.24, 2.45) is 0 Å². The van der Waals surface area contributed by atoms with Crippen LogP contribution in [0.5, 0.6) is 11.5 Å². The van der Waals surface area contributed by atoms with Crippen LogP contribution in [0.2, 0.25) is 0 Å². The average molecular weight is 351 g/mol. The van der Waals surface area contributed by atoms with E-state index in [4.69, 9.17) is 13.9 Å². The van der Waals surface area contributed by atoms with Crippen molar-refractivity contribution in [3.05, 3.63) is 65.9 Å². The molecular formula is C20H17NO5. The molecule has 0 aliphatic rings. The van der Waals surface area contributed by atoms with E-state index >= 15 is 0 Å². The molecule has 1 aromatic heterocycles. The van der Waals surface area contributed by atoms with Crippen LogP contribution in [0, 0.1) is 0 Å². The van der Waals surface area contributed by atoms with E-state index in [-0.39, 0.29) is 11.7 Å². The van der Waals surface area contributed by atoms with Gasteiger partial charge in [0.05, 0.1) is 19.9 Å². The van der Waals surface area contributed by atoms with Crippen molar-refractivity contribution in [1.82, 2.24) is 0 Å². The van der Waals surface area contributed by atoms with E-state index in [1.807, 2.05) is 0 Å². The molecule has 6 nitrogen and oxygen atoms in total. The van der Waals surface area contributed by atoms with Crippen LogP contribution in [0.1, 0.15) is 20.9 Å². The van der Waals surface area contributed by atoms with Crippen LogP contribution in [0.4, 0.5) is 5.69 Å². The van der Waals surface area contributed by atoms with Crippen molar-refractivity contribution in [1.29, 1.82) is 0 Å². The Morgan fingerprint density at radius 3 is 2.58 bits per heavy atom. The maximum Gasteiger partial charge on any atom is 0.255 e. The zero-order valence-electron chi connectivity index (χ0n) is 14.3. The van der Waals surface area contributed by atoms with Gasteiger partial charge in [0, 0.05) is 17.2 Å². The van der Waals surface area contributed by atoms with Gasteiger partial charge in [-0.3, -0.25) is 9.59 Å². The molecule has 6 heteroatoms. The van der Waals surface area contributed by atoms with Crippen LogP contribution in [-0.4, -0.2) is 26.4 Å². The fourth-order valence-electron chi connectivity index (χ4n) is 2.49. The summed E-state index contributed by atoms with van der Waals surface area (Å²) in [5.41, 5.74) is 1.64. The molecule has 0 unspecified atom stereocenters. The first-order chi connectivity index (χ1) is 12.6. The summed E-state index contributed by atoms with van der Waals surface area (Å²) in [6.45, 7) is 0. The van der Waals surface area contributed by atoms with Crippen LogP contribution in [0.3, 0.4) is 0 Å². The minimum absolute atomic E-state index is 0.232. The number of ether oxygens (including phenoxy) is 2. The molecular weight excluding hydrogens is 334 g/mol. The van der Waals surface area contributed by atoms with Crippen LogP contribution in [-0.2, 0) is 0 Å². The molecule has 1 heterocycles. The highest BCUT2D eigenvalue weighted by Gasteiger charge is 2.13. The van der Waals surface area contributed by atoms with Gasteiger partial charge in [-0.2, -0.15) is 0 Å². The van der Waals surface area contributed by atoms with E-state index in [0.717, 1.165) is 0 Å². The number of rotatable bonds is 6. The predicted octanol–water partition coefficient (Wildman–Crippen LogP) is 4.03. The van der Waals surface area contributed by atoms with Crippen LogP contribution >= 0.6 is 0 Å². The zero-order chi connectivity index (χ0) is 18.5. The van der Waals surface area contributed by atoms with E-state index < -0.39 is 0 Å². The smallest absolute Gasteiger partial charge is 0.255 e. The van der Waals surface area contributed by atoms with Gasteiger partial charge < -0.3 is 19.2 Å². The molecule has 0 bridgehead atoms. The van der Waals surface area contributed by atoms with Crippen molar-refractivity contribution in [2.45, 2.75) is 0 Å². The molecule has 2 aromatic carbocycles. The summed E-state index contributed by atoms with van der Waals surface area (Å²) in [5, 5.41) is 2.82. The van der Waals surface area contributed by atoms with Gasteiger partial charge in [0.1, 0.15) is 17.3 Å². The first-order valence-corrected chi connectivity index (χ1v) is 7.83. The average Bonchev–Trinajstić information content (AvgIpc) is 3.17. The van der Waals surface area contributed by atoms with Gasteiger partial charge >= 0.3 is 0 Å². The Bertz CT molecular complexity index is 945. The van der Waals surface area contributed by atoms with E-state index in [1.165, 1.54) is 7.11 Å². The number of methoxy groups -OCH3 is 2. The maximum atomic E-state index is 12.6. The second-order valence-corrected chi connectivity index (χ2v) is 5.42. The first-order valence-electron chi connectivity index (χ1n) is 7.83. The number of carbonyl (C=O) groups is 2. The van der Waals surface area contributed by atoms with Gasteiger partial charge in [-0.25, -0.2) is 0 Å². The molecule has 132 valence electrons. The molecule has 26 heavy (non-hydrogen) atoms. The molecule has 3 aromatic rings. The van der Waals surface area contributed by atoms with E-state index in [0.29, 0.717) is 40.4 Å². The third kappa shape index (κ3) is 3.59. The quantitative estimate of drug-likeness (QED) is 0.679. The normalized spacial score (nSPS) is 10.2. The van der Waals surface area contributed by atoms with Crippen molar-refractivity contribution in [2.75, 3.05) is 19.5 Å². The number of furan rings is 1. The molecule has 0 radical (unpaired) electrons. The van der Waals surface area contributed by atoms with Gasteiger partial charge in [-0.15, -0.1) is 0 Å². The number of anilines is 1. The summed E-state index contributed by atoms with van der Waals surface area (Å²) >= 11 is 0. The summed E-state index contributed by atoms with van der Waals surface area (Å²) in [7, 11) is 3.08. The molecule has 0 aliphatic carbocycles. The Morgan fingerprint density at radius 1 is 1.04 bits per heavy atom. The fourth-order valence-corrected chi connectivity index (χ4v) is 2.49. The molecule has 0 saturated heterocycles. The van der Waals surface area contributed by atoms with E-state index in [9.17, 15) is 9.59 Å². The van der Waals surface area contributed by atoms with Crippen molar-refractivity contribution in [3.8, 4) is 22.8 Å². The number of hydrogen-bond acceptors (Lipinski definition) is 5. The zero-order valence-corrected chi connectivity index (χ0v) is 14.3. The lowest BCUT2D eigenvalue weighted by Crippen LogP contribution is -2.12. The largest absolute Gasteiger partial charge is 0.497 e. The minimum atomic E-state index is -0.305. The topological polar surface area (TPSA) is 77.8 Å². The third-order valence-corrected chi connectivity index (χ3v) is 3.81. The molecule has 1 amide bonds. The SMILES string of the molecule is COc1ccc(OC)c(NC(=O)c2cccc(-c3ccc(C=O)o3)c2)c1. The summed E-state index contributed by atoms with van der Waals surface area (Å²) in [6.07, 6.45) is 0.634. The predicted molar refractivity (Wildman–Crippen MR) is 97.0 cm³/mol. The first kappa shape index (κ1) is 17.3. The Balaban J connectivity index is 1.87. The van der Waals surface area contributed by atoms with Crippen LogP contribution in [0.15, 0.2) is 59.0 Å². The molecule has 0 saturated carbocycles. The van der Waals surface area contributed by atoms with Crippen molar-refractivity contribution >= 4 is 17.9 Å². The van der Waals surface area contributed by atoms with Crippen molar-refractivity contribution in [3.63, 3.8) is 0 Å². The van der Waals surface area contributed by atoms with Crippen LogP contribution < -0.4 is 14.8 Å². The fraction of sp³-hybridized carbons (Fsp3) is 0.100.